The highest BCUT2D eigenvalue weighted by Crippen LogP contribution is 2.22. The third-order valence-electron chi connectivity index (χ3n) is 2.50. The van der Waals surface area contributed by atoms with Crippen molar-refractivity contribution in [3.8, 4) is 0 Å². The molecule has 0 aliphatic carbocycles. The van der Waals surface area contributed by atoms with Crippen molar-refractivity contribution in [1.29, 1.82) is 0 Å². The van der Waals surface area contributed by atoms with Gasteiger partial charge in [0.1, 0.15) is 23.3 Å². The molecule has 2 N–H and O–H groups in total. The van der Waals surface area contributed by atoms with Crippen LogP contribution in [0.4, 0.5) is 23.2 Å². The summed E-state index contributed by atoms with van der Waals surface area (Å²) in [5, 5.41) is 0. The second-order valence-electron chi connectivity index (χ2n) is 3.91. The lowest BCUT2D eigenvalue weighted by molar-refractivity contribution is 0.579. The minimum Gasteiger partial charge on any atom is -0.396 e. The van der Waals surface area contributed by atoms with E-state index in [0.717, 1.165) is 24.3 Å². The average molecular weight is 255 g/mol. The Morgan fingerprint density at radius 1 is 0.778 bits per heavy atom. The molecule has 0 aromatic heterocycles. The molecule has 0 fully saturated rings. The van der Waals surface area contributed by atoms with Gasteiger partial charge in [0, 0.05) is 12.1 Å². The summed E-state index contributed by atoms with van der Waals surface area (Å²) in [6, 6.07) is 4.60. The van der Waals surface area contributed by atoms with Crippen molar-refractivity contribution >= 4 is 5.69 Å². The average Bonchev–Trinajstić information content (AvgIpc) is 2.23. The number of nitrogens with two attached hydrogens (primary N) is 1. The maximum absolute atomic E-state index is 13.2. The summed E-state index contributed by atoms with van der Waals surface area (Å²) in [4.78, 5) is 0. The van der Waals surface area contributed by atoms with E-state index in [1.807, 2.05) is 0 Å². The number of benzene rings is 2. The van der Waals surface area contributed by atoms with Gasteiger partial charge in [-0.2, -0.15) is 0 Å². The third-order valence-corrected chi connectivity index (χ3v) is 2.50. The first-order chi connectivity index (χ1) is 8.45. The van der Waals surface area contributed by atoms with Crippen LogP contribution in [0.1, 0.15) is 11.1 Å². The molecule has 0 aliphatic heterocycles. The molecule has 0 saturated heterocycles. The van der Waals surface area contributed by atoms with Gasteiger partial charge in [-0.05, 0) is 35.7 Å². The number of hydrogen-bond donors (Lipinski definition) is 1. The van der Waals surface area contributed by atoms with Crippen LogP contribution in [0, 0.1) is 23.3 Å². The Hall–Kier alpha value is -2.04. The maximum atomic E-state index is 13.2. The van der Waals surface area contributed by atoms with E-state index >= 15 is 0 Å². The van der Waals surface area contributed by atoms with Gasteiger partial charge >= 0.3 is 0 Å². The highest BCUT2D eigenvalue weighted by Gasteiger charge is 2.10. The highest BCUT2D eigenvalue weighted by atomic mass is 19.1. The molecular weight excluding hydrogens is 246 g/mol. The monoisotopic (exact) mass is 255 g/mol. The fourth-order valence-corrected chi connectivity index (χ4v) is 1.72. The number of anilines is 1. The van der Waals surface area contributed by atoms with Crippen molar-refractivity contribution in [3.63, 3.8) is 0 Å². The van der Waals surface area contributed by atoms with Crippen molar-refractivity contribution < 1.29 is 17.6 Å². The predicted octanol–water partition coefficient (Wildman–Crippen LogP) is 3.42. The summed E-state index contributed by atoms with van der Waals surface area (Å²) < 4.78 is 52.2. The molecule has 94 valence electrons. The number of halogens is 4. The van der Waals surface area contributed by atoms with Gasteiger partial charge in [0.25, 0.3) is 0 Å². The Balaban J connectivity index is 2.39. The van der Waals surface area contributed by atoms with Gasteiger partial charge in [0.15, 0.2) is 0 Å². The Morgan fingerprint density at radius 2 is 1.33 bits per heavy atom. The van der Waals surface area contributed by atoms with Crippen LogP contribution in [0.5, 0.6) is 0 Å². The van der Waals surface area contributed by atoms with Crippen LogP contribution in [-0.4, -0.2) is 0 Å². The van der Waals surface area contributed by atoms with Crippen LogP contribution >= 0.6 is 0 Å². The molecule has 1 nitrogen and oxygen atoms in total. The first-order valence-corrected chi connectivity index (χ1v) is 5.14. The lowest BCUT2D eigenvalue weighted by Crippen LogP contribution is -2.01. The standard InChI is InChI=1S/C13H9F4N/c14-9-2-7(3-10(15)5-9)1-8-4-11(16)6-12(17)13(8)18/h2-6H,1,18H2. The lowest BCUT2D eigenvalue weighted by atomic mass is 10.0. The van der Waals surface area contributed by atoms with Crippen LogP contribution in [0.3, 0.4) is 0 Å². The molecule has 0 radical (unpaired) electrons. The van der Waals surface area contributed by atoms with E-state index in [1.165, 1.54) is 0 Å². The van der Waals surface area contributed by atoms with Crippen LogP contribution in [-0.2, 0) is 6.42 Å². The number of hydrogen-bond acceptors (Lipinski definition) is 1. The molecule has 0 saturated carbocycles. The van der Waals surface area contributed by atoms with E-state index in [-0.39, 0.29) is 23.2 Å². The smallest absolute Gasteiger partial charge is 0.149 e. The van der Waals surface area contributed by atoms with Gasteiger partial charge in [0.2, 0.25) is 0 Å². The molecule has 0 atom stereocenters. The van der Waals surface area contributed by atoms with Crippen molar-refractivity contribution in [2.24, 2.45) is 0 Å². The zero-order valence-corrected chi connectivity index (χ0v) is 9.18. The fourth-order valence-electron chi connectivity index (χ4n) is 1.72. The minimum atomic E-state index is -0.887. The Morgan fingerprint density at radius 3 is 1.94 bits per heavy atom. The van der Waals surface area contributed by atoms with Crippen molar-refractivity contribution in [2.45, 2.75) is 6.42 Å². The number of nitrogen functional groups attached to an aromatic ring is 1. The summed E-state index contributed by atoms with van der Waals surface area (Å²) in [5.41, 5.74) is 5.63. The van der Waals surface area contributed by atoms with Gasteiger partial charge < -0.3 is 5.73 Å². The molecule has 0 bridgehead atoms. The van der Waals surface area contributed by atoms with Crippen molar-refractivity contribution in [2.75, 3.05) is 5.73 Å². The molecule has 0 heterocycles. The molecular formula is C13H9F4N. The SMILES string of the molecule is Nc1c(F)cc(F)cc1Cc1cc(F)cc(F)c1. The molecule has 18 heavy (non-hydrogen) atoms. The fraction of sp³-hybridized carbons (Fsp3) is 0.0769. The summed E-state index contributed by atoms with van der Waals surface area (Å²) in [6.45, 7) is 0. The van der Waals surface area contributed by atoms with E-state index in [9.17, 15) is 17.6 Å². The summed E-state index contributed by atoms with van der Waals surface area (Å²) in [5.74, 6) is -3.17. The largest absolute Gasteiger partial charge is 0.396 e. The highest BCUT2D eigenvalue weighted by molar-refractivity contribution is 5.50. The van der Waals surface area contributed by atoms with Gasteiger partial charge in [-0.25, -0.2) is 17.6 Å². The van der Waals surface area contributed by atoms with Crippen LogP contribution in [0.25, 0.3) is 0 Å². The summed E-state index contributed by atoms with van der Waals surface area (Å²) >= 11 is 0. The Bertz CT molecular complexity index is 576. The van der Waals surface area contributed by atoms with Crippen LogP contribution in [0.15, 0.2) is 30.3 Å². The van der Waals surface area contributed by atoms with E-state index in [0.29, 0.717) is 6.07 Å². The topological polar surface area (TPSA) is 26.0 Å². The quantitative estimate of drug-likeness (QED) is 0.645. The van der Waals surface area contributed by atoms with Gasteiger partial charge in [0.05, 0.1) is 5.69 Å². The zero-order chi connectivity index (χ0) is 13.3. The molecule has 0 aliphatic rings. The Kier molecular flexibility index (Phi) is 3.23. The van der Waals surface area contributed by atoms with Gasteiger partial charge in [-0.15, -0.1) is 0 Å². The van der Waals surface area contributed by atoms with Gasteiger partial charge in [-0.1, -0.05) is 0 Å². The van der Waals surface area contributed by atoms with Crippen molar-refractivity contribution in [1.82, 2.24) is 0 Å². The normalized spacial score (nSPS) is 10.7. The van der Waals surface area contributed by atoms with Crippen LogP contribution in [0.2, 0.25) is 0 Å². The lowest BCUT2D eigenvalue weighted by Gasteiger charge is -2.07. The molecule has 0 spiro atoms. The molecule has 0 unspecified atom stereocenters. The van der Waals surface area contributed by atoms with Gasteiger partial charge in [-0.3, -0.25) is 0 Å². The second kappa shape index (κ2) is 4.68. The summed E-state index contributed by atoms with van der Waals surface area (Å²) in [7, 11) is 0. The van der Waals surface area contributed by atoms with E-state index in [1.54, 1.807) is 0 Å². The van der Waals surface area contributed by atoms with E-state index < -0.39 is 23.3 Å². The minimum absolute atomic E-state index is 0.0464. The molecule has 2 aromatic rings. The third kappa shape index (κ3) is 2.61. The maximum Gasteiger partial charge on any atom is 0.149 e. The van der Waals surface area contributed by atoms with E-state index in [2.05, 4.69) is 0 Å². The number of rotatable bonds is 2. The first kappa shape index (κ1) is 12.4. The Labute approximate surface area is 101 Å². The molecule has 2 rings (SSSR count). The second-order valence-corrected chi connectivity index (χ2v) is 3.91. The van der Waals surface area contributed by atoms with Crippen molar-refractivity contribution in [3.05, 3.63) is 64.7 Å². The first-order valence-electron chi connectivity index (χ1n) is 5.14. The van der Waals surface area contributed by atoms with Crippen LogP contribution < -0.4 is 5.73 Å². The zero-order valence-electron chi connectivity index (χ0n) is 9.18. The molecule has 5 heteroatoms. The predicted molar refractivity (Wildman–Crippen MR) is 59.9 cm³/mol. The summed E-state index contributed by atoms with van der Waals surface area (Å²) in [6.07, 6.45) is -0.0464. The molecule has 0 amide bonds. The molecule has 2 aromatic carbocycles. The van der Waals surface area contributed by atoms with E-state index in [4.69, 9.17) is 5.73 Å².